The van der Waals surface area contributed by atoms with Crippen LogP contribution < -0.4 is 0 Å². The van der Waals surface area contributed by atoms with Gasteiger partial charge in [0.05, 0.1) is 6.61 Å². The topological polar surface area (TPSA) is 49.9 Å². The second-order valence-electron chi connectivity index (χ2n) is 8.61. The van der Waals surface area contributed by atoms with Gasteiger partial charge in [0.25, 0.3) is 0 Å². The summed E-state index contributed by atoms with van der Waals surface area (Å²) >= 11 is 0. The predicted molar refractivity (Wildman–Crippen MR) is 90.3 cm³/mol. The molecule has 1 atom stereocenters. The van der Waals surface area contributed by atoms with Crippen LogP contribution in [0.4, 0.5) is 0 Å². The first-order chi connectivity index (χ1) is 11.6. The Morgan fingerprint density at radius 2 is 1.96 bits per heavy atom. The molecular weight excluding hydrogens is 304 g/mol. The Morgan fingerprint density at radius 1 is 1.21 bits per heavy atom. The van der Waals surface area contributed by atoms with Crippen molar-refractivity contribution in [3.8, 4) is 0 Å². The zero-order valence-corrected chi connectivity index (χ0v) is 14.9. The van der Waals surface area contributed by atoms with E-state index in [9.17, 15) is 9.59 Å². The fourth-order valence-electron chi connectivity index (χ4n) is 5.22. The van der Waals surface area contributed by atoms with Crippen LogP contribution in [-0.4, -0.2) is 61.5 Å². The maximum Gasteiger partial charge on any atom is 0.226 e. The highest BCUT2D eigenvalue weighted by Crippen LogP contribution is 2.66. The van der Waals surface area contributed by atoms with Gasteiger partial charge in [-0.1, -0.05) is 6.42 Å². The van der Waals surface area contributed by atoms with Gasteiger partial charge in [0.1, 0.15) is 0 Å². The normalized spacial score (nSPS) is 30.5. The van der Waals surface area contributed by atoms with E-state index in [2.05, 4.69) is 4.90 Å². The number of amides is 2. The van der Waals surface area contributed by atoms with Crippen molar-refractivity contribution in [1.82, 2.24) is 9.80 Å². The summed E-state index contributed by atoms with van der Waals surface area (Å²) in [6, 6.07) is 0. The van der Waals surface area contributed by atoms with E-state index in [1.54, 1.807) is 7.11 Å². The molecule has 2 heterocycles. The molecule has 0 unspecified atom stereocenters. The highest BCUT2D eigenvalue weighted by Gasteiger charge is 2.61. The molecule has 4 fully saturated rings. The minimum Gasteiger partial charge on any atom is -0.383 e. The van der Waals surface area contributed by atoms with Gasteiger partial charge in [-0.15, -0.1) is 0 Å². The van der Waals surface area contributed by atoms with Crippen LogP contribution in [0.15, 0.2) is 0 Å². The molecule has 0 aromatic rings. The summed E-state index contributed by atoms with van der Waals surface area (Å²) in [5.74, 6) is 1.03. The number of carbonyl (C=O) groups excluding carboxylic acids is 2. The number of piperidine rings is 2. The average Bonchev–Trinajstić information content (AvgIpc) is 3.32. The van der Waals surface area contributed by atoms with E-state index in [1.807, 2.05) is 4.90 Å². The highest BCUT2D eigenvalue weighted by molar-refractivity contribution is 5.83. The molecule has 0 radical (unpaired) electrons. The quantitative estimate of drug-likeness (QED) is 0.791. The first kappa shape index (κ1) is 16.4. The van der Waals surface area contributed by atoms with Crippen molar-refractivity contribution >= 4 is 11.8 Å². The van der Waals surface area contributed by atoms with Crippen LogP contribution in [0.3, 0.4) is 0 Å². The van der Waals surface area contributed by atoms with E-state index in [-0.39, 0.29) is 11.3 Å². The number of rotatable bonds is 4. The second kappa shape index (κ2) is 6.01. The fourth-order valence-corrected chi connectivity index (χ4v) is 5.22. The molecule has 0 aromatic heterocycles. The van der Waals surface area contributed by atoms with E-state index in [4.69, 9.17) is 4.74 Å². The summed E-state index contributed by atoms with van der Waals surface area (Å²) in [4.78, 5) is 29.0. The predicted octanol–water partition coefficient (Wildman–Crippen LogP) is 2.05. The fraction of sp³-hybridized carbons (Fsp3) is 0.895. The van der Waals surface area contributed by atoms with Gasteiger partial charge in [0.15, 0.2) is 0 Å². The van der Waals surface area contributed by atoms with Crippen molar-refractivity contribution in [1.29, 1.82) is 0 Å². The van der Waals surface area contributed by atoms with Gasteiger partial charge in [0, 0.05) is 45.6 Å². The molecule has 0 bridgehead atoms. The maximum absolute atomic E-state index is 12.7. The molecule has 2 amide bonds. The second-order valence-corrected chi connectivity index (χ2v) is 8.61. The van der Waals surface area contributed by atoms with E-state index in [1.165, 1.54) is 19.3 Å². The van der Waals surface area contributed by atoms with Crippen molar-refractivity contribution in [2.45, 2.75) is 51.4 Å². The van der Waals surface area contributed by atoms with Gasteiger partial charge in [0.2, 0.25) is 11.8 Å². The SMILES string of the molecule is COCCN1CC2(CCC1=O)CCN(C(=O)[C@@H]1CC13CCC3)CC2. The molecule has 2 aliphatic heterocycles. The number of ether oxygens (including phenoxy) is 1. The molecule has 134 valence electrons. The van der Waals surface area contributed by atoms with Crippen LogP contribution in [0.5, 0.6) is 0 Å². The first-order valence-electron chi connectivity index (χ1n) is 9.63. The molecular formula is C19H30N2O3. The molecule has 0 aromatic carbocycles. The lowest BCUT2D eigenvalue weighted by Crippen LogP contribution is -2.53. The third kappa shape index (κ3) is 2.75. The molecule has 2 spiro atoms. The number of methoxy groups -OCH3 is 1. The number of carbonyl (C=O) groups is 2. The van der Waals surface area contributed by atoms with E-state index in [0.29, 0.717) is 36.8 Å². The third-order valence-corrected chi connectivity index (χ3v) is 7.29. The molecule has 4 rings (SSSR count). The van der Waals surface area contributed by atoms with Gasteiger partial charge < -0.3 is 14.5 Å². The van der Waals surface area contributed by atoms with Gasteiger partial charge in [-0.05, 0) is 49.4 Å². The molecule has 2 saturated carbocycles. The van der Waals surface area contributed by atoms with E-state index < -0.39 is 0 Å². The smallest absolute Gasteiger partial charge is 0.226 e. The van der Waals surface area contributed by atoms with E-state index in [0.717, 1.165) is 45.3 Å². The summed E-state index contributed by atoms with van der Waals surface area (Å²) in [6.45, 7) is 3.93. The zero-order chi connectivity index (χ0) is 16.8. The van der Waals surface area contributed by atoms with Crippen LogP contribution in [0.1, 0.15) is 51.4 Å². The van der Waals surface area contributed by atoms with Crippen LogP contribution in [0, 0.1) is 16.7 Å². The van der Waals surface area contributed by atoms with Gasteiger partial charge in [-0.2, -0.15) is 0 Å². The van der Waals surface area contributed by atoms with Gasteiger partial charge in [-0.25, -0.2) is 0 Å². The Hall–Kier alpha value is -1.10. The maximum atomic E-state index is 12.7. The van der Waals surface area contributed by atoms with Crippen molar-refractivity contribution in [2.75, 3.05) is 39.9 Å². The minimum atomic E-state index is 0.232. The van der Waals surface area contributed by atoms with Crippen LogP contribution in [0.25, 0.3) is 0 Å². The Morgan fingerprint density at radius 3 is 2.54 bits per heavy atom. The molecule has 2 aliphatic carbocycles. The number of hydrogen-bond acceptors (Lipinski definition) is 3. The van der Waals surface area contributed by atoms with Crippen LogP contribution in [0.2, 0.25) is 0 Å². The molecule has 24 heavy (non-hydrogen) atoms. The summed E-state index contributed by atoms with van der Waals surface area (Å²) in [5.41, 5.74) is 0.663. The monoisotopic (exact) mass is 334 g/mol. The van der Waals surface area contributed by atoms with Crippen molar-refractivity contribution in [2.24, 2.45) is 16.7 Å². The van der Waals surface area contributed by atoms with E-state index >= 15 is 0 Å². The Balaban J connectivity index is 1.32. The van der Waals surface area contributed by atoms with Crippen LogP contribution in [-0.2, 0) is 14.3 Å². The molecule has 5 nitrogen and oxygen atoms in total. The Kier molecular flexibility index (Phi) is 4.10. The van der Waals surface area contributed by atoms with Crippen molar-refractivity contribution < 1.29 is 14.3 Å². The standard InChI is InChI=1S/C19H30N2O3/c1-24-12-11-21-14-18(6-3-16(21)22)7-9-20(10-8-18)17(23)15-13-19(15)4-2-5-19/h15H,2-14H2,1H3/t15-/m0/s1. The van der Waals surface area contributed by atoms with Gasteiger partial charge >= 0.3 is 0 Å². The van der Waals surface area contributed by atoms with Crippen LogP contribution >= 0.6 is 0 Å². The summed E-state index contributed by atoms with van der Waals surface area (Å²) < 4.78 is 5.14. The average molecular weight is 334 g/mol. The number of likely N-dealkylation sites (tertiary alicyclic amines) is 2. The lowest BCUT2D eigenvalue weighted by atomic mass is 9.72. The number of hydrogen-bond donors (Lipinski definition) is 0. The summed E-state index contributed by atoms with van der Waals surface area (Å²) in [7, 11) is 1.68. The zero-order valence-electron chi connectivity index (χ0n) is 14.9. The third-order valence-electron chi connectivity index (χ3n) is 7.29. The summed E-state index contributed by atoms with van der Waals surface area (Å²) in [6.07, 6.45) is 8.76. The molecule has 2 saturated heterocycles. The molecule has 5 heteroatoms. The first-order valence-corrected chi connectivity index (χ1v) is 9.63. The molecule has 0 N–H and O–H groups in total. The van der Waals surface area contributed by atoms with Crippen molar-refractivity contribution in [3.05, 3.63) is 0 Å². The Labute approximate surface area is 144 Å². The lowest BCUT2D eigenvalue weighted by molar-refractivity contribution is -0.144. The lowest BCUT2D eigenvalue weighted by Gasteiger charge is -2.47. The van der Waals surface area contributed by atoms with Crippen molar-refractivity contribution in [3.63, 3.8) is 0 Å². The minimum absolute atomic E-state index is 0.232. The Bertz CT molecular complexity index is 521. The molecule has 4 aliphatic rings. The largest absolute Gasteiger partial charge is 0.383 e. The number of nitrogens with zero attached hydrogens (tertiary/aromatic N) is 2. The summed E-state index contributed by atoms with van der Waals surface area (Å²) in [5, 5.41) is 0. The highest BCUT2D eigenvalue weighted by atomic mass is 16.5. The van der Waals surface area contributed by atoms with Gasteiger partial charge in [-0.3, -0.25) is 9.59 Å².